The monoisotopic (exact) mass is 353 g/mol. The van der Waals surface area contributed by atoms with Gasteiger partial charge in [0.25, 0.3) is 5.91 Å². The lowest BCUT2D eigenvalue weighted by Crippen LogP contribution is -2.36. The van der Waals surface area contributed by atoms with E-state index in [1.54, 1.807) is 30.3 Å². The van der Waals surface area contributed by atoms with Crippen molar-refractivity contribution in [3.63, 3.8) is 0 Å². The van der Waals surface area contributed by atoms with Gasteiger partial charge in [-0.25, -0.2) is 0 Å². The smallest absolute Gasteiger partial charge is 0.299 e. The Morgan fingerprint density at radius 1 is 0.962 bits per heavy atom. The highest BCUT2D eigenvalue weighted by Gasteiger charge is 2.39. The second-order valence-corrected chi connectivity index (χ2v) is 6.19. The number of amides is 1. The molecule has 2 nitrogen and oxygen atoms in total. The molecule has 0 unspecified atom stereocenters. The number of halogens is 3. The van der Waals surface area contributed by atoms with Crippen molar-refractivity contribution in [1.29, 1.82) is 0 Å². The van der Waals surface area contributed by atoms with Gasteiger partial charge in [-0.3, -0.25) is 9.69 Å². The van der Waals surface area contributed by atoms with Gasteiger partial charge >= 0.3 is 6.18 Å². The summed E-state index contributed by atoms with van der Waals surface area (Å²) < 4.78 is 38.7. The highest BCUT2D eigenvalue weighted by molar-refractivity contribution is 6.26. The van der Waals surface area contributed by atoms with Crippen molar-refractivity contribution in [2.45, 2.75) is 6.18 Å². The van der Waals surface area contributed by atoms with Crippen LogP contribution in [0.4, 0.5) is 18.9 Å². The molecule has 3 aromatic carbocycles. The Morgan fingerprint density at radius 3 is 2.35 bits per heavy atom. The van der Waals surface area contributed by atoms with Crippen molar-refractivity contribution in [3.8, 4) is 11.1 Å². The van der Waals surface area contributed by atoms with Crippen LogP contribution in [0.2, 0.25) is 0 Å². The molecule has 130 valence electrons. The Hall–Kier alpha value is -3.08. The largest absolute Gasteiger partial charge is 0.406 e. The Labute approximate surface area is 148 Å². The summed E-state index contributed by atoms with van der Waals surface area (Å²) in [7, 11) is 0. The van der Waals surface area contributed by atoms with Gasteiger partial charge in [-0.05, 0) is 34.2 Å². The number of rotatable bonds is 3. The second kappa shape index (κ2) is 5.73. The third-order valence-electron chi connectivity index (χ3n) is 4.58. The molecule has 3 aromatic rings. The van der Waals surface area contributed by atoms with Crippen LogP contribution in [-0.4, -0.2) is 18.6 Å². The SMILES string of the molecule is C=Cc1ccc(-c2ccc3c4c(cccc24)C(=O)N3CC(F)(F)F)cc1. The number of benzene rings is 3. The fourth-order valence-electron chi connectivity index (χ4n) is 3.43. The van der Waals surface area contributed by atoms with E-state index in [1.165, 1.54) is 0 Å². The van der Waals surface area contributed by atoms with E-state index in [0.717, 1.165) is 27.0 Å². The number of carbonyl (C=O) groups is 1. The van der Waals surface area contributed by atoms with Crippen molar-refractivity contribution in [3.05, 3.63) is 72.3 Å². The molecule has 0 aliphatic carbocycles. The minimum absolute atomic E-state index is 0.310. The van der Waals surface area contributed by atoms with E-state index in [2.05, 4.69) is 6.58 Å². The van der Waals surface area contributed by atoms with Crippen LogP contribution in [0.1, 0.15) is 15.9 Å². The quantitative estimate of drug-likeness (QED) is 0.594. The van der Waals surface area contributed by atoms with Gasteiger partial charge in [0.05, 0.1) is 5.69 Å². The average Bonchev–Trinajstić information content (AvgIpc) is 2.88. The first-order valence-electron chi connectivity index (χ1n) is 8.06. The lowest BCUT2D eigenvalue weighted by Gasteiger charge is -2.19. The zero-order valence-electron chi connectivity index (χ0n) is 13.7. The fourth-order valence-corrected chi connectivity index (χ4v) is 3.43. The molecule has 0 radical (unpaired) electrons. The van der Waals surface area contributed by atoms with Gasteiger partial charge in [-0.1, -0.05) is 55.1 Å². The molecule has 0 saturated carbocycles. The number of anilines is 1. The van der Waals surface area contributed by atoms with Crippen LogP contribution in [0.15, 0.2) is 61.2 Å². The molecule has 26 heavy (non-hydrogen) atoms. The predicted octanol–water partition coefficient (Wildman–Crippen LogP) is 5.67. The van der Waals surface area contributed by atoms with Crippen LogP contribution in [0.3, 0.4) is 0 Å². The maximum Gasteiger partial charge on any atom is 0.406 e. The highest BCUT2D eigenvalue weighted by Crippen LogP contribution is 2.42. The lowest BCUT2D eigenvalue weighted by molar-refractivity contribution is -0.118. The van der Waals surface area contributed by atoms with E-state index >= 15 is 0 Å². The van der Waals surface area contributed by atoms with E-state index in [-0.39, 0.29) is 0 Å². The van der Waals surface area contributed by atoms with Crippen molar-refractivity contribution >= 4 is 28.4 Å². The lowest BCUT2D eigenvalue weighted by atomic mass is 9.95. The third kappa shape index (κ3) is 2.56. The number of nitrogens with zero attached hydrogens (tertiary/aromatic N) is 1. The van der Waals surface area contributed by atoms with Crippen molar-refractivity contribution in [2.75, 3.05) is 11.4 Å². The topological polar surface area (TPSA) is 20.3 Å². The summed E-state index contributed by atoms with van der Waals surface area (Å²) in [6.07, 6.45) is -2.71. The fraction of sp³-hybridized carbons (Fsp3) is 0.0952. The molecule has 1 aliphatic rings. The maximum atomic E-state index is 12.9. The van der Waals surface area contributed by atoms with Crippen LogP contribution < -0.4 is 4.90 Å². The molecule has 0 saturated heterocycles. The van der Waals surface area contributed by atoms with E-state index in [9.17, 15) is 18.0 Å². The van der Waals surface area contributed by atoms with Crippen molar-refractivity contribution in [1.82, 2.24) is 0 Å². The normalized spacial score (nSPS) is 13.5. The van der Waals surface area contributed by atoms with Gasteiger partial charge < -0.3 is 0 Å². The molecular weight excluding hydrogens is 339 g/mol. The van der Waals surface area contributed by atoms with E-state index in [1.807, 2.05) is 30.3 Å². The van der Waals surface area contributed by atoms with Gasteiger partial charge in [0.1, 0.15) is 6.54 Å². The molecule has 0 bridgehead atoms. The zero-order valence-corrected chi connectivity index (χ0v) is 13.7. The van der Waals surface area contributed by atoms with Gasteiger partial charge in [-0.2, -0.15) is 13.2 Å². The molecule has 0 aromatic heterocycles. The summed E-state index contributed by atoms with van der Waals surface area (Å²) >= 11 is 0. The van der Waals surface area contributed by atoms with Gasteiger partial charge in [0, 0.05) is 10.9 Å². The van der Waals surface area contributed by atoms with Gasteiger partial charge in [-0.15, -0.1) is 0 Å². The number of hydrogen-bond donors (Lipinski definition) is 0. The van der Waals surface area contributed by atoms with E-state index < -0.39 is 18.6 Å². The molecule has 1 heterocycles. The number of hydrogen-bond acceptors (Lipinski definition) is 1. The minimum Gasteiger partial charge on any atom is -0.299 e. The summed E-state index contributed by atoms with van der Waals surface area (Å²) in [5, 5.41) is 1.34. The van der Waals surface area contributed by atoms with Crippen LogP contribution in [-0.2, 0) is 0 Å². The Bertz CT molecular complexity index is 1040. The third-order valence-corrected chi connectivity index (χ3v) is 4.58. The Balaban J connectivity index is 1.90. The molecule has 1 amide bonds. The summed E-state index contributed by atoms with van der Waals surface area (Å²) in [5.41, 5.74) is 3.41. The molecule has 5 heteroatoms. The first-order valence-corrected chi connectivity index (χ1v) is 8.06. The van der Waals surface area contributed by atoms with E-state index in [4.69, 9.17) is 0 Å². The standard InChI is InChI=1S/C21H14F3NO/c1-2-13-6-8-14(9-7-13)15-10-11-18-19-16(15)4-3-5-17(19)20(26)25(18)12-21(22,23)24/h2-11H,1,12H2. The minimum atomic E-state index is -4.46. The molecular formula is C21H14F3NO. The summed E-state index contributed by atoms with van der Waals surface area (Å²) in [4.78, 5) is 13.3. The average molecular weight is 353 g/mol. The van der Waals surface area contributed by atoms with Crippen LogP contribution in [0.5, 0.6) is 0 Å². The summed E-state index contributed by atoms with van der Waals surface area (Å²) in [5.74, 6) is -0.609. The van der Waals surface area contributed by atoms with Gasteiger partial charge in [0.15, 0.2) is 0 Å². The Kier molecular flexibility index (Phi) is 3.61. The van der Waals surface area contributed by atoms with Crippen molar-refractivity contribution in [2.24, 2.45) is 0 Å². The maximum absolute atomic E-state index is 12.9. The number of alkyl halides is 3. The zero-order chi connectivity index (χ0) is 18.5. The molecule has 0 N–H and O–H groups in total. The summed E-state index contributed by atoms with van der Waals surface area (Å²) in [6.45, 7) is 2.44. The second-order valence-electron chi connectivity index (χ2n) is 6.19. The van der Waals surface area contributed by atoms with Crippen LogP contribution >= 0.6 is 0 Å². The number of carbonyl (C=O) groups excluding carboxylic acids is 1. The van der Waals surface area contributed by atoms with Gasteiger partial charge in [0.2, 0.25) is 0 Å². The predicted molar refractivity (Wildman–Crippen MR) is 97.2 cm³/mol. The van der Waals surface area contributed by atoms with Crippen LogP contribution in [0.25, 0.3) is 28.0 Å². The Morgan fingerprint density at radius 2 is 1.69 bits per heavy atom. The van der Waals surface area contributed by atoms with Crippen LogP contribution in [0, 0.1) is 0 Å². The molecule has 4 rings (SSSR count). The highest BCUT2D eigenvalue weighted by atomic mass is 19.4. The van der Waals surface area contributed by atoms with Crippen molar-refractivity contribution < 1.29 is 18.0 Å². The molecule has 0 fully saturated rings. The molecule has 0 atom stereocenters. The molecule has 1 aliphatic heterocycles. The summed E-state index contributed by atoms with van der Waals surface area (Å²) in [6, 6.07) is 16.2. The van der Waals surface area contributed by atoms with E-state index in [0.29, 0.717) is 16.6 Å². The first-order chi connectivity index (χ1) is 12.4. The molecule has 0 spiro atoms. The first kappa shape index (κ1) is 16.4.